The van der Waals surface area contributed by atoms with Gasteiger partial charge in [0.25, 0.3) is 0 Å². The summed E-state index contributed by atoms with van der Waals surface area (Å²) in [6, 6.07) is 0. The number of rotatable bonds is 38. The fourth-order valence-corrected chi connectivity index (χ4v) is 131. The van der Waals surface area contributed by atoms with Crippen LogP contribution in [0.5, 0.6) is 0 Å². The molecule has 0 saturated carbocycles. The van der Waals surface area contributed by atoms with Crippen molar-refractivity contribution in [1.29, 1.82) is 0 Å². The maximum atomic E-state index is 7.00. The van der Waals surface area contributed by atoms with Gasteiger partial charge in [-0.3, -0.25) is 0 Å². The van der Waals surface area contributed by atoms with Crippen molar-refractivity contribution in [2.45, 2.75) is 89.3 Å². The molecule has 0 aliphatic heterocycles. The largest absolute Gasteiger partial charge is 0.541 e. The van der Waals surface area contributed by atoms with Crippen LogP contribution >= 0.6 is 0 Å². The molecule has 20 nitrogen and oxygen atoms in total. The average Bonchev–Trinajstić information content (AvgIpc) is 3.26. The van der Waals surface area contributed by atoms with Crippen LogP contribution in [0.15, 0.2) is 0 Å². The minimum absolute atomic E-state index is 0.299. The first-order valence-electron chi connectivity index (χ1n) is 21.5. The molecular formula is C33H88O20Si9. The zero-order valence-corrected chi connectivity index (χ0v) is 51.4. The lowest BCUT2D eigenvalue weighted by Gasteiger charge is -2.55. The Morgan fingerprint density at radius 1 is 0.210 bits per heavy atom. The van der Waals surface area contributed by atoms with Gasteiger partial charge in [0.1, 0.15) is 0 Å². The molecule has 0 bridgehead atoms. The van der Waals surface area contributed by atoms with Gasteiger partial charge < -0.3 is 88.5 Å². The highest BCUT2D eigenvalue weighted by Crippen LogP contribution is 2.45. The molecule has 0 radical (unpaired) electrons. The van der Waals surface area contributed by atoms with Crippen LogP contribution in [0.1, 0.15) is 76.2 Å². The molecule has 0 aromatic carbocycles. The summed E-state index contributed by atoms with van der Waals surface area (Å²) < 4.78 is 127. The zero-order chi connectivity index (χ0) is 48.4. The first-order valence-corrected chi connectivity index (χ1v) is 45.6. The van der Waals surface area contributed by atoms with Crippen molar-refractivity contribution in [1.82, 2.24) is 0 Å². The van der Waals surface area contributed by atoms with Gasteiger partial charge >= 0.3 is 70.8 Å². The Morgan fingerprint density at radius 2 is 0.468 bits per heavy atom. The van der Waals surface area contributed by atoms with Crippen LogP contribution < -0.4 is 0 Å². The highest BCUT2D eigenvalue weighted by Gasteiger charge is 2.95. The second kappa shape index (κ2) is 31.3. The minimum atomic E-state index is -4.01. The fourth-order valence-electron chi connectivity index (χ4n) is 7.85. The molecule has 29 heteroatoms. The van der Waals surface area contributed by atoms with E-state index in [2.05, 4.69) is 0 Å². The molecule has 0 unspecified atom stereocenters. The van der Waals surface area contributed by atoms with E-state index >= 15 is 0 Å². The fraction of sp³-hybridized carbons (Fsp3) is 1.00. The molecule has 0 fully saturated rings. The molecule has 0 aliphatic carbocycles. The van der Waals surface area contributed by atoms with Gasteiger partial charge in [-0.25, -0.2) is 0 Å². The Labute approximate surface area is 383 Å². The highest BCUT2D eigenvalue weighted by atomic mass is 30.0. The number of hydrogen-bond acceptors (Lipinski definition) is 20. The van der Waals surface area contributed by atoms with Crippen molar-refractivity contribution >= 4 is 70.8 Å². The zero-order valence-electron chi connectivity index (χ0n) is 42.4. The highest BCUT2D eigenvalue weighted by molar-refractivity contribution is 7.83. The van der Waals surface area contributed by atoms with Crippen LogP contribution in [0.4, 0.5) is 0 Å². The molecule has 0 saturated heterocycles. The third-order valence-corrected chi connectivity index (χ3v) is 103. The van der Waals surface area contributed by atoms with E-state index in [9.17, 15) is 0 Å². The molecule has 0 spiro atoms. The van der Waals surface area contributed by atoms with Crippen LogP contribution in [0.2, 0.25) is 13.1 Å². The quantitative estimate of drug-likeness (QED) is 0.0809. The molecule has 0 heterocycles. The van der Waals surface area contributed by atoms with Crippen molar-refractivity contribution in [3.05, 3.63) is 0 Å². The van der Waals surface area contributed by atoms with E-state index in [0.29, 0.717) is 72.7 Å². The van der Waals surface area contributed by atoms with Crippen molar-refractivity contribution in [3.8, 4) is 0 Å². The molecule has 376 valence electrons. The van der Waals surface area contributed by atoms with Crippen molar-refractivity contribution < 1.29 is 88.5 Å². The molecule has 0 N–H and O–H groups in total. The van der Waals surface area contributed by atoms with E-state index in [0.717, 1.165) is 0 Å². The summed E-state index contributed by atoms with van der Waals surface area (Å²) in [7, 11) is -18.7. The summed E-state index contributed by atoms with van der Waals surface area (Å²) in [4.78, 5) is 0. The van der Waals surface area contributed by atoms with Gasteiger partial charge in [-0.15, -0.1) is 0 Å². The molecular weight excluding hydrogens is 969 g/mol. The molecule has 0 aliphatic rings. The predicted molar refractivity (Wildman–Crippen MR) is 254 cm³/mol. The van der Waals surface area contributed by atoms with Crippen LogP contribution in [0.25, 0.3) is 0 Å². The minimum Gasteiger partial charge on any atom is -0.397 e. The molecule has 0 atom stereocenters. The molecule has 0 aromatic rings. The smallest absolute Gasteiger partial charge is 0.397 e. The first-order chi connectivity index (χ1) is 29.5. The summed E-state index contributed by atoms with van der Waals surface area (Å²) in [6.07, 6.45) is 0. The summed E-state index contributed by atoms with van der Waals surface area (Å²) in [5, 5.41) is 0. The van der Waals surface area contributed by atoms with E-state index in [1.54, 1.807) is 14.2 Å². The van der Waals surface area contributed by atoms with Crippen LogP contribution in [-0.2, 0) is 88.5 Å². The summed E-state index contributed by atoms with van der Waals surface area (Å²) in [5.41, 5.74) is 0. The lowest BCUT2D eigenvalue weighted by atomic mass is 10.9. The Balaban J connectivity index is 0. The Bertz CT molecular complexity index is 1090. The summed E-state index contributed by atoms with van der Waals surface area (Å²) in [5.74, 6) is 0. The SMILES string of the molecule is CCO[Si](C)(OCC)[Si](OCC)(OCC)[Si](OCC)(OCC)[Si](OCC)(OCC)[Si](OCC)(OCC)OCC.CO[Si](C)(OC)[Si](OC)(OC)[Si](OC)(OC)[Si](OC)(OC)OC. The first kappa shape index (κ1) is 65.2. The monoisotopic (exact) mass is 1060 g/mol. The van der Waals surface area contributed by atoms with Crippen molar-refractivity contribution in [3.63, 3.8) is 0 Å². The van der Waals surface area contributed by atoms with Crippen molar-refractivity contribution in [2.24, 2.45) is 0 Å². The van der Waals surface area contributed by atoms with E-state index in [4.69, 9.17) is 88.5 Å². The molecule has 0 aromatic heterocycles. The lowest BCUT2D eigenvalue weighted by Crippen LogP contribution is -2.98. The third kappa shape index (κ3) is 12.1. The Morgan fingerprint density at radius 3 is 0.694 bits per heavy atom. The second-order valence-electron chi connectivity index (χ2n) is 12.7. The standard InChI is InChI=1S/C23H58O11Si5.C10H30O9Si4/c1-13-24-35(12,25-14-2)37(29-18-6,30-19-7)39(33-22-10,34-23-11)38(31-20-8,32-21-9)36(26-15-3,27-16-4)28-17-5;1-11-20(10,12-2)22(16-6,17-7)23(18-8,19-9)21(13-3,14-4)15-5/h13-23H2,1-12H3;1-10H3. The molecule has 62 heavy (non-hydrogen) atoms. The predicted octanol–water partition coefficient (Wildman–Crippen LogP) is 3.97. The number of hydrogen-bond donors (Lipinski definition) is 0. The Kier molecular flexibility index (Phi) is 32.9. The average molecular weight is 1060 g/mol. The van der Waals surface area contributed by atoms with Gasteiger partial charge in [-0.2, -0.15) is 0 Å². The van der Waals surface area contributed by atoms with Crippen LogP contribution in [-0.4, -0.2) is 207 Å². The van der Waals surface area contributed by atoms with E-state index < -0.39 is 70.8 Å². The third-order valence-electron chi connectivity index (χ3n) is 9.97. The van der Waals surface area contributed by atoms with E-state index in [1.165, 1.54) is 49.8 Å². The van der Waals surface area contributed by atoms with Gasteiger partial charge in [-0.05, 0) is 89.3 Å². The maximum Gasteiger partial charge on any atom is 0.541 e. The maximum absolute atomic E-state index is 7.00. The van der Waals surface area contributed by atoms with E-state index in [-0.39, 0.29) is 0 Å². The molecule has 0 rings (SSSR count). The van der Waals surface area contributed by atoms with Gasteiger partial charge in [0.15, 0.2) is 0 Å². The lowest BCUT2D eigenvalue weighted by molar-refractivity contribution is 0.0609. The van der Waals surface area contributed by atoms with Gasteiger partial charge in [0, 0.05) is 137 Å². The summed E-state index contributed by atoms with van der Waals surface area (Å²) in [6.45, 7) is 28.7. The summed E-state index contributed by atoms with van der Waals surface area (Å²) >= 11 is 0. The van der Waals surface area contributed by atoms with Gasteiger partial charge in [0.05, 0.1) is 0 Å². The van der Waals surface area contributed by atoms with Crippen molar-refractivity contribution in [2.75, 3.05) is 137 Å². The topological polar surface area (TPSA) is 185 Å². The van der Waals surface area contributed by atoms with E-state index in [1.807, 2.05) is 89.3 Å². The Hall–Kier alpha value is 1.15. The van der Waals surface area contributed by atoms with Gasteiger partial charge in [0.2, 0.25) is 0 Å². The normalized spacial score (nSPS) is 14.0. The van der Waals surface area contributed by atoms with Gasteiger partial charge in [-0.1, -0.05) is 0 Å². The molecule has 0 amide bonds. The second-order valence-corrected chi connectivity index (χ2v) is 68.1. The van der Waals surface area contributed by atoms with Crippen LogP contribution in [0.3, 0.4) is 0 Å². The van der Waals surface area contributed by atoms with Crippen LogP contribution in [0, 0.1) is 0 Å².